The average molecular weight is 323 g/mol. The number of nitrogens with one attached hydrogen (secondary N) is 2. The Morgan fingerprint density at radius 3 is 2.67 bits per heavy atom. The normalized spacial score (nSPS) is 10.4. The van der Waals surface area contributed by atoms with E-state index in [0.29, 0.717) is 23.9 Å². The van der Waals surface area contributed by atoms with E-state index in [-0.39, 0.29) is 11.6 Å². The first kappa shape index (κ1) is 15.7. The van der Waals surface area contributed by atoms with Crippen LogP contribution in [0.3, 0.4) is 0 Å². The van der Waals surface area contributed by atoms with Gasteiger partial charge in [0.05, 0.1) is 12.4 Å². The molecule has 0 fully saturated rings. The number of benzene rings is 1. The summed E-state index contributed by atoms with van der Waals surface area (Å²) in [4.78, 5) is 20.4. The van der Waals surface area contributed by atoms with Crippen LogP contribution < -0.4 is 10.6 Å². The Bertz CT molecular complexity index is 842. The van der Waals surface area contributed by atoms with Crippen LogP contribution in [0.4, 0.5) is 11.6 Å². The van der Waals surface area contributed by atoms with Gasteiger partial charge in [-0.3, -0.25) is 4.79 Å². The molecule has 0 saturated heterocycles. The SMILES string of the molecule is Cc1cccc(CNc2cnc(C(=O)Nc3cc(C)on3)cn2)c1. The molecule has 0 unspecified atom stereocenters. The number of hydrogen-bond donors (Lipinski definition) is 2. The molecule has 3 aromatic rings. The first-order valence-corrected chi connectivity index (χ1v) is 7.46. The number of aryl methyl sites for hydroxylation is 2. The summed E-state index contributed by atoms with van der Waals surface area (Å²) < 4.78 is 4.89. The van der Waals surface area contributed by atoms with Crippen LogP contribution in [-0.2, 0) is 6.54 Å². The number of rotatable bonds is 5. The molecule has 0 atom stereocenters. The molecule has 0 aliphatic carbocycles. The lowest BCUT2D eigenvalue weighted by atomic mass is 10.1. The van der Waals surface area contributed by atoms with Crippen LogP contribution in [0.15, 0.2) is 47.2 Å². The fourth-order valence-corrected chi connectivity index (χ4v) is 2.16. The molecule has 0 aliphatic heterocycles. The highest BCUT2D eigenvalue weighted by Crippen LogP contribution is 2.10. The molecule has 122 valence electrons. The maximum absolute atomic E-state index is 12.0. The third kappa shape index (κ3) is 3.95. The highest BCUT2D eigenvalue weighted by atomic mass is 16.5. The van der Waals surface area contributed by atoms with E-state index in [1.165, 1.54) is 18.0 Å². The fraction of sp³-hybridized carbons (Fsp3) is 0.176. The van der Waals surface area contributed by atoms with Crippen LogP contribution >= 0.6 is 0 Å². The number of aromatic nitrogens is 3. The molecule has 2 aromatic heterocycles. The lowest BCUT2D eigenvalue weighted by Crippen LogP contribution is -2.14. The van der Waals surface area contributed by atoms with Crippen LogP contribution in [0.25, 0.3) is 0 Å². The third-order valence-electron chi connectivity index (χ3n) is 3.31. The largest absolute Gasteiger partial charge is 0.365 e. The standard InChI is InChI=1S/C17H17N5O2/c1-11-4-3-5-13(6-11)8-19-16-10-18-14(9-20-16)17(23)21-15-7-12(2)24-22-15/h3-7,9-10H,8H2,1-2H3,(H,19,20)(H,21,22,23). The van der Waals surface area contributed by atoms with Crippen molar-refractivity contribution >= 4 is 17.5 Å². The van der Waals surface area contributed by atoms with Gasteiger partial charge in [0.15, 0.2) is 5.82 Å². The van der Waals surface area contributed by atoms with Gasteiger partial charge in [0.2, 0.25) is 0 Å². The second-order valence-electron chi connectivity index (χ2n) is 5.41. The lowest BCUT2D eigenvalue weighted by molar-refractivity contribution is 0.102. The molecular formula is C17H17N5O2. The quantitative estimate of drug-likeness (QED) is 0.750. The van der Waals surface area contributed by atoms with E-state index < -0.39 is 0 Å². The maximum Gasteiger partial charge on any atom is 0.277 e. The van der Waals surface area contributed by atoms with Crippen molar-refractivity contribution in [2.45, 2.75) is 20.4 Å². The zero-order valence-electron chi connectivity index (χ0n) is 13.4. The van der Waals surface area contributed by atoms with E-state index in [0.717, 1.165) is 5.56 Å². The predicted octanol–water partition coefficient (Wildman–Crippen LogP) is 2.95. The zero-order valence-corrected chi connectivity index (χ0v) is 13.4. The molecule has 24 heavy (non-hydrogen) atoms. The average Bonchev–Trinajstić information content (AvgIpc) is 2.98. The van der Waals surface area contributed by atoms with E-state index in [1.807, 2.05) is 25.1 Å². The third-order valence-corrected chi connectivity index (χ3v) is 3.31. The Hall–Kier alpha value is -3.22. The van der Waals surface area contributed by atoms with Crippen LogP contribution in [0.2, 0.25) is 0 Å². The first-order chi connectivity index (χ1) is 11.6. The summed E-state index contributed by atoms with van der Waals surface area (Å²) in [5, 5.41) is 9.47. The summed E-state index contributed by atoms with van der Waals surface area (Å²) in [6.07, 6.45) is 2.94. The van der Waals surface area contributed by atoms with Crippen molar-refractivity contribution in [2.75, 3.05) is 10.6 Å². The Kier molecular flexibility index (Phi) is 4.51. The molecule has 0 spiro atoms. The number of carbonyl (C=O) groups is 1. The summed E-state index contributed by atoms with van der Waals surface area (Å²) in [5.41, 5.74) is 2.56. The fourth-order valence-electron chi connectivity index (χ4n) is 2.16. The van der Waals surface area contributed by atoms with Gasteiger partial charge in [-0.15, -0.1) is 0 Å². The summed E-state index contributed by atoms with van der Waals surface area (Å²) in [6, 6.07) is 9.82. The van der Waals surface area contributed by atoms with E-state index in [4.69, 9.17) is 4.52 Å². The smallest absolute Gasteiger partial charge is 0.277 e. The van der Waals surface area contributed by atoms with Crippen molar-refractivity contribution in [3.63, 3.8) is 0 Å². The van der Waals surface area contributed by atoms with Gasteiger partial charge in [0, 0.05) is 12.6 Å². The van der Waals surface area contributed by atoms with E-state index >= 15 is 0 Å². The van der Waals surface area contributed by atoms with Gasteiger partial charge >= 0.3 is 0 Å². The number of anilines is 2. The monoisotopic (exact) mass is 323 g/mol. The molecular weight excluding hydrogens is 306 g/mol. The van der Waals surface area contributed by atoms with Crippen molar-refractivity contribution in [3.8, 4) is 0 Å². The summed E-state index contributed by atoms with van der Waals surface area (Å²) in [7, 11) is 0. The maximum atomic E-state index is 12.0. The molecule has 7 nitrogen and oxygen atoms in total. The van der Waals surface area contributed by atoms with Crippen molar-refractivity contribution in [3.05, 3.63) is 65.3 Å². The Labute approximate surface area is 139 Å². The molecule has 7 heteroatoms. The topological polar surface area (TPSA) is 92.9 Å². The van der Waals surface area contributed by atoms with Gasteiger partial charge in [-0.25, -0.2) is 9.97 Å². The summed E-state index contributed by atoms with van der Waals surface area (Å²) in [6.45, 7) is 4.43. The number of carbonyl (C=O) groups excluding carboxylic acids is 1. The van der Waals surface area contributed by atoms with E-state index in [9.17, 15) is 4.79 Å². The van der Waals surface area contributed by atoms with Crippen molar-refractivity contribution < 1.29 is 9.32 Å². The second kappa shape index (κ2) is 6.91. The van der Waals surface area contributed by atoms with Crippen molar-refractivity contribution in [2.24, 2.45) is 0 Å². The molecule has 0 bridgehead atoms. The van der Waals surface area contributed by atoms with Crippen molar-refractivity contribution in [1.29, 1.82) is 0 Å². The molecule has 0 saturated carbocycles. The molecule has 1 aromatic carbocycles. The predicted molar refractivity (Wildman–Crippen MR) is 89.7 cm³/mol. The number of hydrogen-bond acceptors (Lipinski definition) is 6. The van der Waals surface area contributed by atoms with Gasteiger partial charge in [-0.05, 0) is 19.4 Å². The van der Waals surface area contributed by atoms with Gasteiger partial charge in [-0.2, -0.15) is 0 Å². The molecule has 2 heterocycles. The minimum atomic E-state index is -0.388. The van der Waals surface area contributed by atoms with Gasteiger partial charge in [-0.1, -0.05) is 35.0 Å². The Balaban J connectivity index is 1.59. The lowest BCUT2D eigenvalue weighted by Gasteiger charge is -2.06. The van der Waals surface area contributed by atoms with Gasteiger partial charge < -0.3 is 15.2 Å². The highest BCUT2D eigenvalue weighted by molar-refractivity contribution is 6.02. The molecule has 2 N–H and O–H groups in total. The minimum Gasteiger partial charge on any atom is -0.365 e. The van der Waals surface area contributed by atoms with Crippen molar-refractivity contribution in [1.82, 2.24) is 15.1 Å². The first-order valence-electron chi connectivity index (χ1n) is 7.46. The molecule has 3 rings (SSSR count). The minimum absolute atomic E-state index is 0.205. The second-order valence-corrected chi connectivity index (χ2v) is 5.41. The Morgan fingerprint density at radius 2 is 2.00 bits per heavy atom. The van der Waals surface area contributed by atoms with Gasteiger partial charge in [0.25, 0.3) is 5.91 Å². The van der Waals surface area contributed by atoms with Crippen LogP contribution in [0.5, 0.6) is 0 Å². The summed E-state index contributed by atoms with van der Waals surface area (Å²) in [5.74, 6) is 1.18. The molecule has 0 aliphatic rings. The molecule has 1 amide bonds. The number of nitrogens with zero attached hydrogens (tertiary/aromatic N) is 3. The molecule has 0 radical (unpaired) electrons. The highest BCUT2D eigenvalue weighted by Gasteiger charge is 2.10. The van der Waals surface area contributed by atoms with Gasteiger partial charge in [0.1, 0.15) is 17.3 Å². The van der Waals surface area contributed by atoms with Crippen LogP contribution in [-0.4, -0.2) is 21.0 Å². The van der Waals surface area contributed by atoms with Crippen LogP contribution in [0.1, 0.15) is 27.4 Å². The van der Waals surface area contributed by atoms with E-state index in [2.05, 4.69) is 31.8 Å². The number of amides is 1. The van der Waals surface area contributed by atoms with E-state index in [1.54, 1.807) is 13.0 Å². The summed E-state index contributed by atoms with van der Waals surface area (Å²) >= 11 is 0. The van der Waals surface area contributed by atoms with Crippen LogP contribution in [0, 0.1) is 13.8 Å². The Morgan fingerprint density at radius 1 is 1.12 bits per heavy atom. The zero-order chi connectivity index (χ0) is 16.9.